The van der Waals surface area contributed by atoms with Gasteiger partial charge in [-0.15, -0.1) is 0 Å². The van der Waals surface area contributed by atoms with Crippen molar-refractivity contribution in [2.75, 3.05) is 11.6 Å². The zero-order valence-electron chi connectivity index (χ0n) is 14.0. The number of Topliss-reactive ketones (excluding diaryl/α,β-unsaturated/α-hetero) is 1. The molecule has 1 heterocycles. The lowest BCUT2D eigenvalue weighted by molar-refractivity contribution is -0.125. The number of para-hydroxylation sites is 1. The summed E-state index contributed by atoms with van der Waals surface area (Å²) in [7, 11) is 0. The van der Waals surface area contributed by atoms with E-state index in [1.54, 1.807) is 11.9 Å². The van der Waals surface area contributed by atoms with Crippen LogP contribution in [-0.4, -0.2) is 40.9 Å². The van der Waals surface area contributed by atoms with Crippen LogP contribution in [0.1, 0.15) is 39.0 Å². The van der Waals surface area contributed by atoms with E-state index in [-0.39, 0.29) is 17.7 Å². The second-order valence-electron chi connectivity index (χ2n) is 7.19. The minimum Gasteiger partial charge on any atom is -0.334 e. The van der Waals surface area contributed by atoms with Gasteiger partial charge in [0.2, 0.25) is 0 Å². The number of anilines is 1. The van der Waals surface area contributed by atoms with Gasteiger partial charge >= 0.3 is 0 Å². The number of hydrazone groups is 1. The molecule has 1 unspecified atom stereocenters. The fourth-order valence-corrected chi connectivity index (χ4v) is 3.30. The van der Waals surface area contributed by atoms with Gasteiger partial charge in [-0.3, -0.25) is 14.6 Å². The molecule has 1 aliphatic heterocycles. The van der Waals surface area contributed by atoms with E-state index in [1.165, 1.54) is 12.8 Å². The average molecular weight is 325 g/mol. The minimum absolute atomic E-state index is 0.0362. The molecule has 1 atom stereocenters. The Balaban J connectivity index is 1.57. The van der Waals surface area contributed by atoms with Crippen LogP contribution in [0.15, 0.2) is 35.4 Å². The molecule has 2 aliphatic carbocycles. The molecule has 24 heavy (non-hydrogen) atoms. The van der Waals surface area contributed by atoms with Gasteiger partial charge in [0.25, 0.3) is 5.91 Å². The Morgan fingerprint density at radius 1 is 1.17 bits per heavy atom. The van der Waals surface area contributed by atoms with Crippen LogP contribution in [0.3, 0.4) is 0 Å². The number of amides is 1. The Bertz CT molecular complexity index is 677. The van der Waals surface area contributed by atoms with Crippen molar-refractivity contribution in [2.24, 2.45) is 11.0 Å². The van der Waals surface area contributed by atoms with Crippen molar-refractivity contribution in [2.45, 2.75) is 51.1 Å². The summed E-state index contributed by atoms with van der Waals surface area (Å²) in [5.41, 5.74) is 1.40. The Hall–Kier alpha value is -2.17. The molecule has 1 aromatic rings. The first-order valence-electron chi connectivity index (χ1n) is 8.86. The van der Waals surface area contributed by atoms with Crippen molar-refractivity contribution in [3.05, 3.63) is 30.3 Å². The van der Waals surface area contributed by atoms with Crippen LogP contribution >= 0.6 is 0 Å². The number of ketones is 1. The number of rotatable bonds is 6. The SMILES string of the molecule is CC(=O)C1CC(C(=O)N(CC2CC2)C2CC2)=NN1c1ccccc1. The fourth-order valence-electron chi connectivity index (χ4n) is 3.30. The van der Waals surface area contributed by atoms with Crippen molar-refractivity contribution in [3.8, 4) is 0 Å². The van der Waals surface area contributed by atoms with E-state index < -0.39 is 0 Å². The fraction of sp³-hybridized carbons (Fsp3) is 0.526. The average Bonchev–Trinajstić information content (AvgIpc) is 3.50. The lowest BCUT2D eigenvalue weighted by Gasteiger charge is -2.22. The molecule has 0 spiro atoms. The first kappa shape index (κ1) is 15.4. The van der Waals surface area contributed by atoms with Crippen LogP contribution in [0.25, 0.3) is 0 Å². The number of benzene rings is 1. The molecule has 3 aliphatic rings. The molecule has 0 aromatic heterocycles. The molecule has 0 radical (unpaired) electrons. The molecule has 2 fully saturated rings. The topological polar surface area (TPSA) is 53.0 Å². The van der Waals surface area contributed by atoms with Crippen LogP contribution in [0.4, 0.5) is 5.69 Å². The Morgan fingerprint density at radius 2 is 1.88 bits per heavy atom. The Labute approximate surface area is 142 Å². The largest absolute Gasteiger partial charge is 0.334 e. The summed E-state index contributed by atoms with van der Waals surface area (Å²) in [6.45, 7) is 2.44. The minimum atomic E-state index is -0.367. The van der Waals surface area contributed by atoms with Gasteiger partial charge in [-0.2, -0.15) is 5.10 Å². The van der Waals surface area contributed by atoms with E-state index in [2.05, 4.69) is 5.10 Å². The molecule has 5 heteroatoms. The summed E-state index contributed by atoms with van der Waals surface area (Å²) in [6, 6.07) is 9.65. The summed E-state index contributed by atoms with van der Waals surface area (Å²) >= 11 is 0. The van der Waals surface area contributed by atoms with Gasteiger partial charge in [-0.1, -0.05) is 18.2 Å². The standard InChI is InChI=1S/C19H23N3O2/c1-13(23)18-11-17(20-22(18)16-5-3-2-4-6-16)19(24)21(15-9-10-15)12-14-7-8-14/h2-6,14-15,18H,7-12H2,1H3. The predicted octanol–water partition coefficient (Wildman–Crippen LogP) is 2.61. The summed E-state index contributed by atoms with van der Waals surface area (Å²) < 4.78 is 0. The van der Waals surface area contributed by atoms with Crippen molar-refractivity contribution >= 4 is 23.1 Å². The molecule has 0 saturated heterocycles. The van der Waals surface area contributed by atoms with Gasteiger partial charge in [-0.05, 0) is 50.7 Å². The first-order valence-corrected chi connectivity index (χ1v) is 8.86. The molecule has 1 amide bonds. The monoisotopic (exact) mass is 325 g/mol. The van der Waals surface area contributed by atoms with Crippen molar-refractivity contribution < 1.29 is 9.59 Å². The molecule has 0 N–H and O–H groups in total. The van der Waals surface area contributed by atoms with E-state index in [4.69, 9.17) is 0 Å². The predicted molar refractivity (Wildman–Crippen MR) is 92.9 cm³/mol. The Morgan fingerprint density at radius 3 is 2.46 bits per heavy atom. The quantitative estimate of drug-likeness (QED) is 0.808. The molecule has 2 saturated carbocycles. The number of hydrogen-bond acceptors (Lipinski definition) is 4. The molecule has 0 bridgehead atoms. The number of hydrogen-bond donors (Lipinski definition) is 0. The highest BCUT2D eigenvalue weighted by Gasteiger charge is 2.41. The molecule has 126 valence electrons. The van der Waals surface area contributed by atoms with Gasteiger partial charge in [-0.25, -0.2) is 0 Å². The highest BCUT2D eigenvalue weighted by atomic mass is 16.2. The van der Waals surface area contributed by atoms with Gasteiger partial charge in [0.1, 0.15) is 11.8 Å². The normalized spacial score (nSPS) is 23.1. The summed E-state index contributed by atoms with van der Waals surface area (Å²) in [5.74, 6) is 0.755. The summed E-state index contributed by atoms with van der Waals surface area (Å²) in [6.07, 6.45) is 5.08. The van der Waals surface area contributed by atoms with Crippen LogP contribution in [-0.2, 0) is 9.59 Å². The zero-order valence-corrected chi connectivity index (χ0v) is 14.0. The van der Waals surface area contributed by atoms with Crippen molar-refractivity contribution in [1.29, 1.82) is 0 Å². The number of nitrogens with zero attached hydrogens (tertiary/aromatic N) is 3. The number of carbonyl (C=O) groups is 2. The van der Waals surface area contributed by atoms with E-state index in [1.807, 2.05) is 35.2 Å². The highest BCUT2D eigenvalue weighted by Crippen LogP contribution is 2.36. The third kappa shape index (κ3) is 3.07. The highest BCUT2D eigenvalue weighted by molar-refractivity contribution is 6.40. The van der Waals surface area contributed by atoms with E-state index >= 15 is 0 Å². The van der Waals surface area contributed by atoms with Crippen molar-refractivity contribution in [3.63, 3.8) is 0 Å². The summed E-state index contributed by atoms with van der Waals surface area (Å²) in [4.78, 5) is 27.1. The summed E-state index contributed by atoms with van der Waals surface area (Å²) in [5, 5.41) is 6.28. The maximum Gasteiger partial charge on any atom is 0.270 e. The molecule has 1 aromatic carbocycles. The lowest BCUT2D eigenvalue weighted by atomic mass is 10.1. The zero-order chi connectivity index (χ0) is 16.7. The van der Waals surface area contributed by atoms with Crippen LogP contribution < -0.4 is 5.01 Å². The van der Waals surface area contributed by atoms with E-state index in [0.717, 1.165) is 25.1 Å². The van der Waals surface area contributed by atoms with Crippen LogP contribution in [0.5, 0.6) is 0 Å². The second-order valence-corrected chi connectivity index (χ2v) is 7.19. The maximum absolute atomic E-state index is 13.0. The maximum atomic E-state index is 13.0. The number of carbonyl (C=O) groups excluding carboxylic acids is 2. The van der Waals surface area contributed by atoms with E-state index in [0.29, 0.717) is 24.1 Å². The smallest absolute Gasteiger partial charge is 0.270 e. The van der Waals surface area contributed by atoms with E-state index in [9.17, 15) is 9.59 Å². The van der Waals surface area contributed by atoms with Gasteiger partial charge in [0.15, 0.2) is 5.78 Å². The molecular formula is C19H23N3O2. The van der Waals surface area contributed by atoms with Gasteiger partial charge < -0.3 is 4.90 Å². The van der Waals surface area contributed by atoms with Gasteiger partial charge in [0.05, 0.1) is 5.69 Å². The molecule has 5 nitrogen and oxygen atoms in total. The molecular weight excluding hydrogens is 302 g/mol. The van der Waals surface area contributed by atoms with Crippen LogP contribution in [0, 0.1) is 5.92 Å². The van der Waals surface area contributed by atoms with Crippen molar-refractivity contribution in [1.82, 2.24) is 4.90 Å². The van der Waals surface area contributed by atoms with Gasteiger partial charge in [0, 0.05) is 19.0 Å². The van der Waals surface area contributed by atoms with Crippen LogP contribution in [0.2, 0.25) is 0 Å². The molecule has 4 rings (SSSR count). The second kappa shape index (κ2) is 6.04. The first-order chi connectivity index (χ1) is 11.6. The Kier molecular flexibility index (Phi) is 3.87. The third-order valence-corrected chi connectivity index (χ3v) is 5.05. The lowest BCUT2D eigenvalue weighted by Crippen LogP contribution is -2.40. The third-order valence-electron chi connectivity index (χ3n) is 5.05.